The van der Waals surface area contributed by atoms with Gasteiger partial charge in [0.15, 0.2) is 0 Å². The normalized spacial score (nSPS) is 21.1. The van der Waals surface area contributed by atoms with Gasteiger partial charge in [-0.25, -0.2) is 0 Å². The minimum absolute atomic E-state index is 0.241. The van der Waals surface area contributed by atoms with Gasteiger partial charge in [0.2, 0.25) is 0 Å². The van der Waals surface area contributed by atoms with Gasteiger partial charge in [-0.1, -0.05) is 27.2 Å². The van der Waals surface area contributed by atoms with E-state index in [4.69, 9.17) is 14.2 Å². The highest BCUT2D eigenvalue weighted by atomic mass is 32.1. The lowest BCUT2D eigenvalue weighted by Gasteiger charge is -2.37. The van der Waals surface area contributed by atoms with Crippen molar-refractivity contribution >= 4 is 24.4 Å². The molecule has 0 radical (unpaired) electrons. The summed E-state index contributed by atoms with van der Waals surface area (Å²) in [6.45, 7) is 11.2. The van der Waals surface area contributed by atoms with Gasteiger partial charge >= 0.3 is 0 Å². The van der Waals surface area contributed by atoms with Crippen LogP contribution in [0.25, 0.3) is 0 Å². The summed E-state index contributed by atoms with van der Waals surface area (Å²) >= 11 is 3.53. The van der Waals surface area contributed by atoms with E-state index in [0.717, 1.165) is 37.9 Å². The fourth-order valence-corrected chi connectivity index (χ4v) is 2.56. The van der Waals surface area contributed by atoms with Crippen LogP contribution >= 0.6 is 12.6 Å². The third kappa shape index (κ3) is 8.66. The zero-order chi connectivity index (χ0) is 20.2. The van der Waals surface area contributed by atoms with Crippen LogP contribution in [0.15, 0.2) is 12.2 Å². The molecule has 7 heteroatoms. The SMILES string of the molecule is CCCC1(C)COC1.CN1C(=O)C=CC1=O.COCC1(C)COC1.CS. The largest absolute Gasteiger partial charge is 0.384 e. The van der Waals surface area contributed by atoms with Crippen molar-refractivity contribution in [1.29, 1.82) is 0 Å². The Labute approximate surface area is 163 Å². The number of likely N-dealkylation sites (N-methyl/N-ethyl adjacent to an activating group) is 1. The summed E-state index contributed by atoms with van der Waals surface area (Å²) < 4.78 is 15.1. The molecule has 3 aliphatic rings. The molecular weight excluding hydrogens is 354 g/mol. The van der Waals surface area contributed by atoms with Crippen LogP contribution in [-0.4, -0.2) is 70.2 Å². The Morgan fingerprint density at radius 2 is 1.46 bits per heavy atom. The molecule has 3 rings (SSSR count). The van der Waals surface area contributed by atoms with Gasteiger partial charge in [-0.05, 0) is 12.7 Å². The molecule has 2 fully saturated rings. The van der Waals surface area contributed by atoms with Crippen molar-refractivity contribution in [2.24, 2.45) is 10.8 Å². The topological polar surface area (TPSA) is 65.1 Å². The number of ether oxygens (including phenoxy) is 3. The van der Waals surface area contributed by atoms with Crippen molar-refractivity contribution in [3.8, 4) is 0 Å². The first kappa shape index (κ1) is 25.1. The molecule has 0 bridgehead atoms. The molecule has 0 unspecified atom stereocenters. The number of hydrogen-bond donors (Lipinski definition) is 1. The Kier molecular flexibility index (Phi) is 12.1. The number of imide groups is 1. The van der Waals surface area contributed by atoms with Crippen LogP contribution in [0.4, 0.5) is 0 Å². The second-order valence-corrected chi connectivity index (χ2v) is 7.36. The molecular formula is C19H35NO5S. The maximum absolute atomic E-state index is 10.4. The third-order valence-corrected chi connectivity index (χ3v) is 4.18. The summed E-state index contributed by atoms with van der Waals surface area (Å²) in [5.41, 5.74) is 0.878. The molecule has 2 saturated heterocycles. The van der Waals surface area contributed by atoms with Gasteiger partial charge < -0.3 is 14.2 Å². The van der Waals surface area contributed by atoms with E-state index < -0.39 is 0 Å². The number of carbonyl (C=O) groups excluding carboxylic acids is 2. The molecule has 0 N–H and O–H groups in total. The highest BCUT2D eigenvalue weighted by molar-refractivity contribution is 7.79. The number of nitrogens with zero attached hydrogens (tertiary/aromatic N) is 1. The number of rotatable bonds is 4. The van der Waals surface area contributed by atoms with Gasteiger partial charge in [0.05, 0.1) is 33.0 Å². The fraction of sp³-hybridized carbons (Fsp3) is 0.789. The summed E-state index contributed by atoms with van der Waals surface area (Å²) in [7, 11) is 3.17. The second-order valence-electron chi connectivity index (χ2n) is 7.36. The summed E-state index contributed by atoms with van der Waals surface area (Å²) in [4.78, 5) is 21.9. The molecule has 3 aliphatic heterocycles. The lowest BCUT2D eigenvalue weighted by atomic mass is 9.84. The van der Waals surface area contributed by atoms with Gasteiger partial charge in [-0.2, -0.15) is 12.6 Å². The van der Waals surface area contributed by atoms with E-state index in [0.29, 0.717) is 10.8 Å². The van der Waals surface area contributed by atoms with E-state index >= 15 is 0 Å². The summed E-state index contributed by atoms with van der Waals surface area (Å²) in [6.07, 6.45) is 6.82. The van der Waals surface area contributed by atoms with E-state index in [2.05, 4.69) is 33.4 Å². The predicted octanol–water partition coefficient (Wildman–Crippen LogP) is 2.58. The number of thiol groups is 1. The molecule has 3 heterocycles. The third-order valence-electron chi connectivity index (χ3n) is 4.18. The monoisotopic (exact) mass is 389 g/mol. The molecule has 0 aromatic carbocycles. The first-order valence-corrected chi connectivity index (χ1v) is 9.74. The lowest BCUT2D eigenvalue weighted by Crippen LogP contribution is -2.43. The van der Waals surface area contributed by atoms with E-state index in [-0.39, 0.29) is 11.8 Å². The van der Waals surface area contributed by atoms with Crippen LogP contribution in [0.5, 0.6) is 0 Å². The standard InChI is InChI=1S/C7H14O.C6H12O2.C5H5NO2.CH4S/c1-3-4-7(2)5-8-6-7;1-6(3-7-2)4-8-5-6;1-6-4(7)2-3-5(6)8;1-2/h3-6H2,1-2H3;3-5H2,1-2H3;2-3H,1H3;2H,1H3. The van der Waals surface area contributed by atoms with Crippen LogP contribution in [0.2, 0.25) is 0 Å². The van der Waals surface area contributed by atoms with Crippen LogP contribution in [0.3, 0.4) is 0 Å². The predicted molar refractivity (Wildman–Crippen MR) is 106 cm³/mol. The fourth-order valence-electron chi connectivity index (χ4n) is 2.56. The average Bonchev–Trinajstić information content (AvgIpc) is 2.87. The van der Waals surface area contributed by atoms with Crippen molar-refractivity contribution in [1.82, 2.24) is 4.90 Å². The molecule has 0 saturated carbocycles. The van der Waals surface area contributed by atoms with Crippen LogP contribution in [-0.2, 0) is 23.8 Å². The van der Waals surface area contributed by atoms with Gasteiger partial charge in [0.1, 0.15) is 0 Å². The highest BCUT2D eigenvalue weighted by Gasteiger charge is 2.33. The molecule has 26 heavy (non-hydrogen) atoms. The summed E-state index contributed by atoms with van der Waals surface area (Å²) in [6, 6.07) is 0. The van der Waals surface area contributed by atoms with Gasteiger partial charge in [-0.3, -0.25) is 14.5 Å². The minimum Gasteiger partial charge on any atom is -0.384 e. The van der Waals surface area contributed by atoms with Crippen molar-refractivity contribution in [3.05, 3.63) is 12.2 Å². The van der Waals surface area contributed by atoms with Crippen molar-refractivity contribution in [2.75, 3.05) is 53.4 Å². The smallest absolute Gasteiger partial charge is 0.253 e. The van der Waals surface area contributed by atoms with E-state index in [1.165, 1.54) is 32.0 Å². The quantitative estimate of drug-likeness (QED) is 0.591. The molecule has 2 amide bonds. The van der Waals surface area contributed by atoms with Crippen molar-refractivity contribution < 1.29 is 23.8 Å². The van der Waals surface area contributed by atoms with Gasteiger partial charge in [0, 0.05) is 37.1 Å². The minimum atomic E-state index is -0.241. The van der Waals surface area contributed by atoms with E-state index in [1.807, 2.05) is 0 Å². The van der Waals surface area contributed by atoms with Crippen molar-refractivity contribution in [3.63, 3.8) is 0 Å². The number of hydrogen-bond acceptors (Lipinski definition) is 6. The van der Waals surface area contributed by atoms with Crippen LogP contribution < -0.4 is 0 Å². The number of carbonyl (C=O) groups is 2. The Bertz CT molecular complexity index is 419. The molecule has 0 aromatic rings. The zero-order valence-electron chi connectivity index (χ0n) is 17.0. The summed E-state index contributed by atoms with van der Waals surface area (Å²) in [5.74, 6) is -0.481. The molecule has 6 nitrogen and oxygen atoms in total. The zero-order valence-corrected chi connectivity index (χ0v) is 17.9. The number of amides is 2. The molecule has 152 valence electrons. The molecule has 0 spiro atoms. The van der Waals surface area contributed by atoms with Crippen LogP contribution in [0, 0.1) is 10.8 Å². The summed E-state index contributed by atoms with van der Waals surface area (Å²) in [5, 5.41) is 0. The lowest BCUT2D eigenvalue weighted by molar-refractivity contribution is -0.135. The Hall–Kier alpha value is -0.890. The van der Waals surface area contributed by atoms with E-state index in [1.54, 1.807) is 13.4 Å². The maximum Gasteiger partial charge on any atom is 0.253 e. The Balaban J connectivity index is 0.000000344. The number of methoxy groups -OCH3 is 1. The maximum atomic E-state index is 10.4. The Morgan fingerprint density at radius 3 is 1.58 bits per heavy atom. The molecule has 0 aromatic heterocycles. The molecule has 0 aliphatic carbocycles. The van der Waals surface area contributed by atoms with Gasteiger partial charge in [-0.15, -0.1) is 0 Å². The van der Waals surface area contributed by atoms with Crippen molar-refractivity contribution in [2.45, 2.75) is 33.6 Å². The van der Waals surface area contributed by atoms with Gasteiger partial charge in [0.25, 0.3) is 11.8 Å². The first-order chi connectivity index (χ1) is 12.3. The second kappa shape index (κ2) is 12.5. The van der Waals surface area contributed by atoms with E-state index in [9.17, 15) is 9.59 Å². The first-order valence-electron chi connectivity index (χ1n) is 8.84. The highest BCUT2D eigenvalue weighted by Crippen LogP contribution is 2.31. The average molecular weight is 390 g/mol. The Morgan fingerprint density at radius 1 is 1.04 bits per heavy atom. The molecule has 0 atom stereocenters. The van der Waals surface area contributed by atoms with Crippen LogP contribution in [0.1, 0.15) is 33.6 Å².